The summed E-state index contributed by atoms with van der Waals surface area (Å²) in [5.41, 5.74) is 1.57. The van der Waals surface area contributed by atoms with Gasteiger partial charge in [-0.25, -0.2) is 4.79 Å². The molecule has 1 aromatic carbocycles. The van der Waals surface area contributed by atoms with Crippen molar-refractivity contribution in [3.05, 3.63) is 36.0 Å². The normalized spacial score (nSPS) is 18.9. The molecule has 12 heteroatoms. The number of hydrogen-bond donors (Lipinski definition) is 8. The highest BCUT2D eigenvalue weighted by molar-refractivity contribution is 7.80. The summed E-state index contributed by atoms with van der Waals surface area (Å²) >= 11 is 3.97. The molecule has 1 aliphatic rings. The molecular weight excluding hydrogens is 474 g/mol. The fourth-order valence-electron chi connectivity index (χ4n) is 4.02. The Kier molecular flexibility index (Phi) is 9.13. The van der Waals surface area contributed by atoms with E-state index in [0.717, 1.165) is 22.9 Å². The first-order chi connectivity index (χ1) is 16.7. The van der Waals surface area contributed by atoms with Crippen LogP contribution in [0.1, 0.15) is 25.3 Å². The lowest BCUT2D eigenvalue weighted by atomic mass is 10.0. The van der Waals surface area contributed by atoms with Crippen molar-refractivity contribution in [2.24, 2.45) is 0 Å². The Morgan fingerprint density at radius 2 is 1.83 bits per heavy atom. The number of para-hydroxylation sites is 1. The number of aliphatic carboxylic acids is 1. The van der Waals surface area contributed by atoms with Crippen LogP contribution in [0.3, 0.4) is 0 Å². The van der Waals surface area contributed by atoms with Crippen molar-refractivity contribution in [3.8, 4) is 0 Å². The van der Waals surface area contributed by atoms with E-state index >= 15 is 0 Å². The molecule has 3 amide bonds. The molecule has 1 saturated heterocycles. The van der Waals surface area contributed by atoms with Crippen LogP contribution in [0.15, 0.2) is 30.5 Å². The number of thiol groups is 1. The number of aliphatic hydroxyl groups excluding tert-OH is 1. The molecule has 35 heavy (non-hydrogen) atoms. The Labute approximate surface area is 207 Å². The third-order valence-electron chi connectivity index (χ3n) is 5.97. The van der Waals surface area contributed by atoms with E-state index in [1.165, 1.54) is 6.92 Å². The summed E-state index contributed by atoms with van der Waals surface area (Å²) in [7, 11) is 0. The van der Waals surface area contributed by atoms with Gasteiger partial charge in [0.15, 0.2) is 0 Å². The number of carbonyl (C=O) groups excluding carboxylic acids is 3. The lowest BCUT2D eigenvalue weighted by Gasteiger charge is -2.26. The summed E-state index contributed by atoms with van der Waals surface area (Å²) in [6.07, 6.45) is 1.97. The summed E-state index contributed by atoms with van der Waals surface area (Å²) < 4.78 is 0. The molecule has 5 unspecified atom stereocenters. The molecule has 1 aliphatic heterocycles. The molecule has 190 valence electrons. The lowest BCUT2D eigenvalue weighted by molar-refractivity contribution is -0.141. The Balaban J connectivity index is 1.80. The number of carboxylic acid groups (broad SMARTS) is 1. The van der Waals surface area contributed by atoms with Gasteiger partial charge in [-0.05, 0) is 37.9 Å². The predicted molar refractivity (Wildman–Crippen MR) is 132 cm³/mol. The monoisotopic (exact) mass is 505 g/mol. The van der Waals surface area contributed by atoms with Crippen molar-refractivity contribution >= 4 is 47.2 Å². The maximum atomic E-state index is 13.1. The molecule has 2 heterocycles. The molecule has 0 bridgehead atoms. The van der Waals surface area contributed by atoms with Gasteiger partial charge in [0, 0.05) is 29.3 Å². The molecule has 7 N–H and O–H groups in total. The molecule has 1 aromatic heterocycles. The first-order valence-electron chi connectivity index (χ1n) is 11.4. The fraction of sp³-hybridized carbons (Fsp3) is 0.478. The number of carbonyl (C=O) groups is 4. The van der Waals surface area contributed by atoms with E-state index in [2.05, 4.69) is 38.9 Å². The van der Waals surface area contributed by atoms with Gasteiger partial charge in [-0.15, -0.1) is 0 Å². The number of aromatic nitrogens is 1. The van der Waals surface area contributed by atoms with E-state index in [1.54, 1.807) is 6.20 Å². The van der Waals surface area contributed by atoms with E-state index in [-0.39, 0.29) is 12.2 Å². The van der Waals surface area contributed by atoms with Gasteiger partial charge in [-0.1, -0.05) is 18.2 Å². The molecule has 2 aromatic rings. The number of aliphatic hydroxyl groups is 1. The number of H-pyrrole nitrogens is 1. The molecular formula is C23H31N5O6S. The van der Waals surface area contributed by atoms with Gasteiger partial charge in [0.2, 0.25) is 17.7 Å². The average molecular weight is 506 g/mol. The van der Waals surface area contributed by atoms with Gasteiger partial charge in [0.25, 0.3) is 0 Å². The van der Waals surface area contributed by atoms with Gasteiger partial charge in [-0.2, -0.15) is 12.6 Å². The maximum Gasteiger partial charge on any atom is 0.327 e. The third-order valence-corrected chi connectivity index (χ3v) is 6.33. The topological polar surface area (TPSA) is 173 Å². The third kappa shape index (κ3) is 6.74. The molecule has 0 aliphatic carbocycles. The van der Waals surface area contributed by atoms with Crippen molar-refractivity contribution < 1.29 is 29.4 Å². The van der Waals surface area contributed by atoms with Gasteiger partial charge in [-0.3, -0.25) is 14.4 Å². The minimum Gasteiger partial charge on any atom is -0.480 e. The van der Waals surface area contributed by atoms with Crippen molar-refractivity contribution in [2.75, 3.05) is 12.3 Å². The van der Waals surface area contributed by atoms with Crippen LogP contribution in [0.25, 0.3) is 10.9 Å². The Hall–Kier alpha value is -3.09. The van der Waals surface area contributed by atoms with Gasteiger partial charge >= 0.3 is 5.97 Å². The number of benzene rings is 1. The number of carboxylic acids is 1. The first-order valence-corrected chi connectivity index (χ1v) is 12.1. The van der Waals surface area contributed by atoms with Crippen LogP contribution in [0.5, 0.6) is 0 Å². The van der Waals surface area contributed by atoms with Crippen LogP contribution in [0.4, 0.5) is 0 Å². The maximum absolute atomic E-state index is 13.1. The quantitative estimate of drug-likeness (QED) is 0.187. The first kappa shape index (κ1) is 26.5. The van der Waals surface area contributed by atoms with E-state index in [9.17, 15) is 29.4 Å². The smallest absolute Gasteiger partial charge is 0.327 e. The number of nitrogens with one attached hydrogen (secondary N) is 5. The number of fused-ring (bicyclic) bond motifs is 1. The van der Waals surface area contributed by atoms with Crippen molar-refractivity contribution in [3.63, 3.8) is 0 Å². The lowest BCUT2D eigenvalue weighted by Crippen LogP contribution is -2.60. The van der Waals surface area contributed by atoms with Crippen molar-refractivity contribution in [1.29, 1.82) is 0 Å². The summed E-state index contributed by atoms with van der Waals surface area (Å²) in [4.78, 5) is 53.2. The largest absolute Gasteiger partial charge is 0.480 e. The van der Waals surface area contributed by atoms with Crippen LogP contribution < -0.4 is 21.3 Å². The van der Waals surface area contributed by atoms with Crippen LogP contribution >= 0.6 is 12.6 Å². The second-order valence-corrected chi connectivity index (χ2v) is 8.95. The van der Waals surface area contributed by atoms with Gasteiger partial charge < -0.3 is 36.5 Å². The van der Waals surface area contributed by atoms with E-state index in [0.29, 0.717) is 13.0 Å². The molecule has 3 rings (SSSR count). The molecule has 0 saturated carbocycles. The van der Waals surface area contributed by atoms with Crippen LogP contribution in [0, 0.1) is 0 Å². The number of hydrogen-bond acceptors (Lipinski definition) is 7. The molecule has 5 atom stereocenters. The van der Waals surface area contributed by atoms with Gasteiger partial charge in [0.05, 0.1) is 12.1 Å². The SMILES string of the molecule is CC(O)C(NC(=O)C1CCCN1)C(=O)NC(Cc1c[nH]c2ccccc12)C(=O)NC(CS)C(=O)O. The highest BCUT2D eigenvalue weighted by atomic mass is 32.1. The van der Waals surface area contributed by atoms with Crippen molar-refractivity contribution in [2.45, 2.75) is 56.5 Å². The number of amides is 3. The fourth-order valence-corrected chi connectivity index (χ4v) is 4.26. The molecule has 11 nitrogen and oxygen atoms in total. The zero-order valence-corrected chi connectivity index (χ0v) is 20.2. The second-order valence-electron chi connectivity index (χ2n) is 8.58. The standard InChI is InChI=1S/C23H31N5O6S/c1-12(29)19(28-20(30)16-7-4-8-24-16)22(32)26-17(21(31)27-18(11-35)23(33)34)9-13-10-25-15-6-3-2-5-14(13)15/h2-3,5-6,10,12,16-19,24-25,29,35H,4,7-9,11H2,1H3,(H,26,32)(H,27,31)(H,28,30)(H,33,34). The van der Waals surface area contributed by atoms with E-state index < -0.39 is 54.0 Å². The highest BCUT2D eigenvalue weighted by Crippen LogP contribution is 2.19. The molecule has 0 spiro atoms. The average Bonchev–Trinajstić information content (AvgIpc) is 3.50. The zero-order valence-electron chi connectivity index (χ0n) is 19.3. The Morgan fingerprint density at radius 3 is 2.46 bits per heavy atom. The van der Waals surface area contributed by atoms with Crippen molar-refractivity contribution in [1.82, 2.24) is 26.3 Å². The summed E-state index contributed by atoms with van der Waals surface area (Å²) in [5, 5.41) is 30.9. The van der Waals surface area contributed by atoms with E-state index in [1.807, 2.05) is 24.3 Å². The zero-order chi connectivity index (χ0) is 25.5. The second kappa shape index (κ2) is 12.0. The minimum atomic E-state index is -1.30. The minimum absolute atomic E-state index is 0.0468. The summed E-state index contributed by atoms with van der Waals surface area (Å²) in [6.45, 7) is 2.05. The summed E-state index contributed by atoms with van der Waals surface area (Å²) in [5.74, 6) is -3.30. The summed E-state index contributed by atoms with van der Waals surface area (Å²) in [6, 6.07) is 3.23. The van der Waals surface area contributed by atoms with Crippen LogP contribution in [0.2, 0.25) is 0 Å². The van der Waals surface area contributed by atoms with E-state index in [4.69, 9.17) is 0 Å². The molecule has 0 radical (unpaired) electrons. The molecule has 1 fully saturated rings. The predicted octanol–water partition coefficient (Wildman–Crippen LogP) is -0.688. The highest BCUT2D eigenvalue weighted by Gasteiger charge is 2.33. The number of aromatic amines is 1. The van der Waals surface area contributed by atoms with Crippen LogP contribution in [-0.4, -0.2) is 81.5 Å². The Bertz CT molecular complexity index is 1070. The number of rotatable bonds is 11. The Morgan fingerprint density at radius 1 is 1.11 bits per heavy atom. The van der Waals surface area contributed by atoms with Crippen LogP contribution in [-0.2, 0) is 25.6 Å². The van der Waals surface area contributed by atoms with Gasteiger partial charge in [0.1, 0.15) is 18.1 Å².